The normalized spacial score (nSPS) is 9.73. The first kappa shape index (κ1) is 12.0. The van der Waals surface area contributed by atoms with Crippen LogP contribution in [0.2, 0.25) is 0 Å². The first-order valence-electron chi connectivity index (χ1n) is 4.73. The molecule has 0 saturated carbocycles. The first-order valence-corrected chi connectivity index (χ1v) is 5.53. The lowest BCUT2D eigenvalue weighted by molar-refractivity contribution is -0.120. The highest BCUT2D eigenvalue weighted by Gasteiger charge is 2.02. The molecule has 1 amide bonds. The van der Waals surface area contributed by atoms with Gasteiger partial charge in [0.2, 0.25) is 5.91 Å². The van der Waals surface area contributed by atoms with Crippen molar-refractivity contribution in [2.45, 2.75) is 13.3 Å². The van der Waals surface area contributed by atoms with Crippen molar-refractivity contribution in [3.63, 3.8) is 0 Å². The van der Waals surface area contributed by atoms with Crippen molar-refractivity contribution in [3.05, 3.63) is 46.5 Å². The van der Waals surface area contributed by atoms with Gasteiger partial charge in [-0.25, -0.2) is 0 Å². The summed E-state index contributed by atoms with van der Waals surface area (Å²) in [5.41, 5.74) is 2.23. The SMILES string of the molecule is C=C(Br)CNC(=O)Cc1ccc(C)cc1. The van der Waals surface area contributed by atoms with Crippen molar-refractivity contribution < 1.29 is 4.79 Å². The molecule has 1 aromatic rings. The lowest BCUT2D eigenvalue weighted by Crippen LogP contribution is -2.25. The molecule has 0 radical (unpaired) electrons. The monoisotopic (exact) mass is 267 g/mol. The van der Waals surface area contributed by atoms with Crippen LogP contribution >= 0.6 is 15.9 Å². The second-order valence-corrected chi connectivity index (χ2v) is 4.58. The number of amides is 1. The second kappa shape index (κ2) is 5.71. The molecule has 1 rings (SSSR count). The van der Waals surface area contributed by atoms with E-state index in [0.29, 0.717) is 13.0 Å². The van der Waals surface area contributed by atoms with Crippen LogP contribution in [0.4, 0.5) is 0 Å². The molecule has 0 aliphatic carbocycles. The number of nitrogens with one attached hydrogen (secondary N) is 1. The molecule has 0 spiro atoms. The molecule has 0 bridgehead atoms. The quantitative estimate of drug-likeness (QED) is 0.893. The lowest BCUT2D eigenvalue weighted by atomic mass is 10.1. The van der Waals surface area contributed by atoms with E-state index in [1.165, 1.54) is 5.56 Å². The molecule has 0 aliphatic rings. The van der Waals surface area contributed by atoms with Gasteiger partial charge >= 0.3 is 0 Å². The van der Waals surface area contributed by atoms with Gasteiger partial charge in [-0.05, 0) is 12.5 Å². The zero-order valence-corrected chi connectivity index (χ0v) is 10.3. The van der Waals surface area contributed by atoms with Crippen LogP contribution in [0.25, 0.3) is 0 Å². The highest BCUT2D eigenvalue weighted by Crippen LogP contribution is 2.04. The largest absolute Gasteiger partial charge is 0.351 e. The number of hydrogen-bond donors (Lipinski definition) is 1. The Kier molecular flexibility index (Phi) is 4.56. The van der Waals surface area contributed by atoms with Crippen molar-refractivity contribution in [2.75, 3.05) is 6.54 Å². The van der Waals surface area contributed by atoms with Gasteiger partial charge in [-0.3, -0.25) is 4.79 Å². The fourth-order valence-electron chi connectivity index (χ4n) is 1.15. The molecule has 0 saturated heterocycles. The number of aryl methyl sites for hydroxylation is 1. The fraction of sp³-hybridized carbons (Fsp3) is 0.250. The van der Waals surface area contributed by atoms with Gasteiger partial charge in [0.15, 0.2) is 0 Å². The number of rotatable bonds is 4. The van der Waals surface area contributed by atoms with Crippen molar-refractivity contribution in [1.29, 1.82) is 0 Å². The van der Waals surface area contributed by atoms with E-state index in [1.54, 1.807) is 0 Å². The zero-order chi connectivity index (χ0) is 11.3. The topological polar surface area (TPSA) is 29.1 Å². The van der Waals surface area contributed by atoms with Gasteiger partial charge in [-0.2, -0.15) is 0 Å². The fourth-order valence-corrected chi connectivity index (χ4v) is 1.29. The van der Waals surface area contributed by atoms with Crippen LogP contribution in [0.3, 0.4) is 0 Å². The summed E-state index contributed by atoms with van der Waals surface area (Å²) in [6, 6.07) is 7.95. The summed E-state index contributed by atoms with van der Waals surface area (Å²) >= 11 is 3.19. The summed E-state index contributed by atoms with van der Waals surface area (Å²) in [6.45, 7) is 6.15. The van der Waals surface area contributed by atoms with E-state index in [4.69, 9.17) is 0 Å². The summed E-state index contributed by atoms with van der Waals surface area (Å²) in [5, 5.41) is 2.76. The minimum atomic E-state index is 0.0134. The summed E-state index contributed by atoms with van der Waals surface area (Å²) in [5.74, 6) is 0.0134. The average molecular weight is 268 g/mol. The Hall–Kier alpha value is -1.09. The molecule has 0 unspecified atom stereocenters. The molecule has 80 valence electrons. The van der Waals surface area contributed by atoms with E-state index in [2.05, 4.69) is 27.8 Å². The highest BCUT2D eigenvalue weighted by molar-refractivity contribution is 9.11. The van der Waals surface area contributed by atoms with E-state index in [0.717, 1.165) is 10.0 Å². The van der Waals surface area contributed by atoms with E-state index in [9.17, 15) is 4.79 Å². The summed E-state index contributed by atoms with van der Waals surface area (Å²) in [7, 11) is 0. The average Bonchev–Trinajstić information content (AvgIpc) is 2.19. The molecule has 0 aromatic heterocycles. The number of hydrogen-bond acceptors (Lipinski definition) is 1. The highest BCUT2D eigenvalue weighted by atomic mass is 79.9. The Labute approximate surface area is 98.5 Å². The van der Waals surface area contributed by atoms with Crippen LogP contribution in [0.15, 0.2) is 35.3 Å². The first-order chi connectivity index (χ1) is 7.08. The Morgan fingerprint density at radius 2 is 2.00 bits per heavy atom. The smallest absolute Gasteiger partial charge is 0.224 e. The third-order valence-corrected chi connectivity index (χ3v) is 2.24. The van der Waals surface area contributed by atoms with Gasteiger partial charge in [-0.1, -0.05) is 52.3 Å². The Morgan fingerprint density at radius 1 is 1.40 bits per heavy atom. The van der Waals surface area contributed by atoms with Gasteiger partial charge in [0.25, 0.3) is 0 Å². The molecule has 0 fully saturated rings. The number of carbonyl (C=O) groups excluding carboxylic acids is 1. The van der Waals surface area contributed by atoms with Crippen LogP contribution in [0.1, 0.15) is 11.1 Å². The third kappa shape index (κ3) is 4.79. The minimum absolute atomic E-state index is 0.0134. The Bertz CT molecular complexity index is 356. The molecule has 15 heavy (non-hydrogen) atoms. The molecule has 1 N–H and O–H groups in total. The van der Waals surface area contributed by atoms with E-state index >= 15 is 0 Å². The molecule has 0 heterocycles. The summed E-state index contributed by atoms with van der Waals surface area (Å²) in [4.78, 5) is 11.4. The standard InChI is InChI=1S/C12H14BrNO/c1-9-3-5-11(6-4-9)7-12(15)14-8-10(2)13/h3-6H,2,7-8H2,1H3,(H,14,15). The Morgan fingerprint density at radius 3 is 2.53 bits per heavy atom. The maximum atomic E-state index is 11.4. The van der Waals surface area contributed by atoms with Crippen LogP contribution in [-0.4, -0.2) is 12.5 Å². The summed E-state index contributed by atoms with van der Waals surface area (Å²) < 4.78 is 0.778. The number of benzene rings is 1. The van der Waals surface area contributed by atoms with Crippen molar-refractivity contribution in [1.82, 2.24) is 5.32 Å². The Balaban J connectivity index is 2.44. The van der Waals surface area contributed by atoms with Crippen LogP contribution in [0.5, 0.6) is 0 Å². The molecule has 2 nitrogen and oxygen atoms in total. The molecule has 0 atom stereocenters. The number of carbonyl (C=O) groups is 1. The van der Waals surface area contributed by atoms with E-state index < -0.39 is 0 Å². The molecule has 0 aliphatic heterocycles. The van der Waals surface area contributed by atoms with E-state index in [-0.39, 0.29) is 5.91 Å². The second-order valence-electron chi connectivity index (χ2n) is 3.46. The molecular formula is C12H14BrNO. The third-order valence-electron chi connectivity index (χ3n) is 1.96. The zero-order valence-electron chi connectivity index (χ0n) is 8.72. The van der Waals surface area contributed by atoms with Crippen LogP contribution < -0.4 is 5.32 Å². The van der Waals surface area contributed by atoms with Gasteiger partial charge in [0.05, 0.1) is 6.42 Å². The van der Waals surface area contributed by atoms with Crippen LogP contribution in [-0.2, 0) is 11.2 Å². The molecular weight excluding hydrogens is 254 g/mol. The predicted octanol–water partition coefficient (Wildman–Crippen LogP) is 2.56. The number of halogens is 1. The lowest BCUT2D eigenvalue weighted by Gasteiger charge is -2.04. The predicted molar refractivity (Wildman–Crippen MR) is 66.0 cm³/mol. The minimum Gasteiger partial charge on any atom is -0.351 e. The van der Waals surface area contributed by atoms with Gasteiger partial charge in [-0.15, -0.1) is 0 Å². The van der Waals surface area contributed by atoms with Crippen LogP contribution in [0, 0.1) is 6.92 Å². The maximum Gasteiger partial charge on any atom is 0.224 e. The van der Waals surface area contributed by atoms with Gasteiger partial charge in [0, 0.05) is 11.0 Å². The molecule has 3 heteroatoms. The van der Waals surface area contributed by atoms with E-state index in [1.807, 2.05) is 31.2 Å². The van der Waals surface area contributed by atoms with Gasteiger partial charge < -0.3 is 5.32 Å². The van der Waals surface area contributed by atoms with Crippen molar-refractivity contribution in [2.24, 2.45) is 0 Å². The maximum absolute atomic E-state index is 11.4. The molecule has 1 aromatic carbocycles. The van der Waals surface area contributed by atoms with Crippen molar-refractivity contribution in [3.8, 4) is 0 Å². The van der Waals surface area contributed by atoms with Crippen molar-refractivity contribution >= 4 is 21.8 Å². The summed E-state index contributed by atoms with van der Waals surface area (Å²) in [6.07, 6.45) is 0.417. The van der Waals surface area contributed by atoms with Gasteiger partial charge in [0.1, 0.15) is 0 Å².